The van der Waals surface area contributed by atoms with Gasteiger partial charge in [-0.3, -0.25) is 4.79 Å². The maximum atomic E-state index is 12.9. The minimum absolute atomic E-state index is 0.0181. The zero-order valence-corrected chi connectivity index (χ0v) is 15.6. The quantitative estimate of drug-likeness (QED) is 0.713. The molecule has 2 aromatic heterocycles. The number of rotatable bonds is 4. The molecule has 4 rings (SSSR count). The van der Waals surface area contributed by atoms with Crippen LogP contribution in [0.5, 0.6) is 0 Å². The molecular formula is C22H24N4O. The molecule has 1 aromatic carbocycles. The summed E-state index contributed by atoms with van der Waals surface area (Å²) in [7, 11) is 0. The highest BCUT2D eigenvalue weighted by Crippen LogP contribution is 2.27. The molecule has 5 heteroatoms. The lowest BCUT2D eigenvalue weighted by molar-refractivity contribution is 0.0697. The van der Waals surface area contributed by atoms with Crippen molar-refractivity contribution in [2.45, 2.75) is 32.2 Å². The normalized spacial score (nSPS) is 17.1. The van der Waals surface area contributed by atoms with Crippen LogP contribution < -0.4 is 0 Å². The molecule has 138 valence electrons. The van der Waals surface area contributed by atoms with Crippen molar-refractivity contribution >= 4 is 5.91 Å². The fourth-order valence-electron chi connectivity index (χ4n) is 3.79. The van der Waals surface area contributed by atoms with Crippen LogP contribution in [0.25, 0.3) is 0 Å². The summed E-state index contributed by atoms with van der Waals surface area (Å²) in [5, 5.41) is 0. The van der Waals surface area contributed by atoms with E-state index >= 15 is 0 Å². The van der Waals surface area contributed by atoms with E-state index in [0.717, 1.165) is 37.4 Å². The van der Waals surface area contributed by atoms with E-state index < -0.39 is 0 Å². The summed E-state index contributed by atoms with van der Waals surface area (Å²) >= 11 is 0. The Bertz CT molecular complexity index is 919. The Morgan fingerprint density at radius 3 is 2.81 bits per heavy atom. The number of aromatic nitrogens is 3. The van der Waals surface area contributed by atoms with Gasteiger partial charge in [0.25, 0.3) is 5.91 Å². The number of carbonyl (C=O) groups is 1. The van der Waals surface area contributed by atoms with Gasteiger partial charge >= 0.3 is 0 Å². The summed E-state index contributed by atoms with van der Waals surface area (Å²) in [6.07, 6.45) is 5.93. The third-order valence-corrected chi connectivity index (χ3v) is 5.12. The van der Waals surface area contributed by atoms with Crippen LogP contribution in [0.15, 0.2) is 60.9 Å². The first-order chi connectivity index (χ1) is 13.2. The van der Waals surface area contributed by atoms with Crippen molar-refractivity contribution in [3.63, 3.8) is 0 Å². The molecule has 0 radical (unpaired) electrons. The Balaban J connectivity index is 1.51. The molecule has 3 heterocycles. The van der Waals surface area contributed by atoms with Gasteiger partial charge in [-0.05, 0) is 37.5 Å². The Morgan fingerprint density at radius 2 is 2.00 bits per heavy atom. The highest BCUT2D eigenvalue weighted by Gasteiger charge is 2.28. The van der Waals surface area contributed by atoms with Crippen LogP contribution in [0.3, 0.4) is 0 Å². The molecule has 1 aliphatic heterocycles. The number of pyridine rings is 1. The van der Waals surface area contributed by atoms with E-state index in [0.29, 0.717) is 12.2 Å². The molecule has 1 aliphatic rings. The van der Waals surface area contributed by atoms with Crippen molar-refractivity contribution in [2.75, 3.05) is 13.1 Å². The van der Waals surface area contributed by atoms with Crippen molar-refractivity contribution in [1.82, 2.24) is 19.4 Å². The average molecular weight is 360 g/mol. The molecule has 3 aromatic rings. The van der Waals surface area contributed by atoms with E-state index in [2.05, 4.69) is 38.8 Å². The molecule has 0 aliphatic carbocycles. The number of hydrogen-bond donors (Lipinski definition) is 0. The predicted octanol–water partition coefficient (Wildman–Crippen LogP) is 3.65. The van der Waals surface area contributed by atoms with Crippen LogP contribution in [0, 0.1) is 6.92 Å². The number of nitrogens with zero attached hydrogens (tertiary/aromatic N) is 4. The fourth-order valence-corrected chi connectivity index (χ4v) is 3.79. The van der Waals surface area contributed by atoms with Crippen LogP contribution in [-0.4, -0.2) is 38.4 Å². The van der Waals surface area contributed by atoms with Gasteiger partial charge in [-0.1, -0.05) is 36.4 Å². The highest BCUT2D eigenvalue weighted by molar-refractivity contribution is 5.92. The largest absolute Gasteiger partial charge is 0.337 e. The van der Waals surface area contributed by atoms with Crippen molar-refractivity contribution in [1.29, 1.82) is 0 Å². The van der Waals surface area contributed by atoms with E-state index in [4.69, 9.17) is 0 Å². The van der Waals surface area contributed by atoms with Crippen LogP contribution >= 0.6 is 0 Å². The van der Waals surface area contributed by atoms with E-state index in [1.165, 1.54) is 5.56 Å². The topological polar surface area (TPSA) is 51.0 Å². The molecule has 0 bridgehead atoms. The second-order valence-corrected chi connectivity index (χ2v) is 7.15. The zero-order valence-electron chi connectivity index (χ0n) is 15.6. The minimum atomic E-state index is 0.0181. The summed E-state index contributed by atoms with van der Waals surface area (Å²) in [6.45, 7) is 4.20. The Hall–Kier alpha value is -2.95. The third kappa shape index (κ3) is 3.92. The van der Waals surface area contributed by atoms with E-state index in [9.17, 15) is 4.79 Å². The zero-order chi connectivity index (χ0) is 18.6. The number of likely N-dealkylation sites (tertiary alicyclic amines) is 1. The molecular weight excluding hydrogens is 336 g/mol. The first-order valence-corrected chi connectivity index (χ1v) is 9.48. The fraction of sp³-hybridized carbons (Fsp3) is 0.318. The summed E-state index contributed by atoms with van der Waals surface area (Å²) in [6, 6.07) is 16.0. The minimum Gasteiger partial charge on any atom is -0.337 e. The van der Waals surface area contributed by atoms with Gasteiger partial charge in [-0.25, -0.2) is 9.97 Å². The predicted molar refractivity (Wildman–Crippen MR) is 105 cm³/mol. The van der Waals surface area contributed by atoms with Gasteiger partial charge in [0, 0.05) is 43.6 Å². The van der Waals surface area contributed by atoms with Gasteiger partial charge < -0.3 is 9.47 Å². The lowest BCUT2D eigenvalue weighted by atomic mass is 9.96. The molecule has 1 saturated heterocycles. The molecule has 0 N–H and O–H groups in total. The average Bonchev–Trinajstić information content (AvgIpc) is 3.16. The smallest absolute Gasteiger partial charge is 0.272 e. The van der Waals surface area contributed by atoms with E-state index in [-0.39, 0.29) is 11.8 Å². The first-order valence-electron chi connectivity index (χ1n) is 9.48. The van der Waals surface area contributed by atoms with Gasteiger partial charge in [0.15, 0.2) is 0 Å². The molecule has 1 fully saturated rings. The van der Waals surface area contributed by atoms with E-state index in [1.807, 2.05) is 42.4 Å². The third-order valence-electron chi connectivity index (χ3n) is 5.12. The first kappa shape index (κ1) is 17.5. The van der Waals surface area contributed by atoms with Crippen LogP contribution in [0.1, 0.15) is 46.3 Å². The summed E-state index contributed by atoms with van der Waals surface area (Å²) in [5.74, 6) is 1.34. The van der Waals surface area contributed by atoms with Crippen molar-refractivity contribution in [3.8, 4) is 0 Å². The summed E-state index contributed by atoms with van der Waals surface area (Å²) < 4.78 is 2.21. The van der Waals surface area contributed by atoms with Crippen molar-refractivity contribution in [3.05, 3.63) is 83.7 Å². The van der Waals surface area contributed by atoms with E-state index in [1.54, 1.807) is 6.07 Å². The van der Waals surface area contributed by atoms with Gasteiger partial charge in [-0.2, -0.15) is 0 Å². The lowest BCUT2D eigenvalue weighted by Crippen LogP contribution is -2.40. The van der Waals surface area contributed by atoms with Gasteiger partial charge in [0.1, 0.15) is 11.5 Å². The standard InChI is InChI=1S/C22H24N4O/c1-17-7-5-11-20(24-17)22(27)26-13-6-10-19(16-26)21-23-12-14-25(21)15-18-8-3-2-4-9-18/h2-5,7-9,11-12,14,19H,6,10,13,15-16H2,1H3. The molecule has 1 amide bonds. The Labute approximate surface area is 159 Å². The Kier molecular flexibility index (Phi) is 5.01. The second-order valence-electron chi connectivity index (χ2n) is 7.15. The van der Waals surface area contributed by atoms with Crippen LogP contribution in [0.4, 0.5) is 0 Å². The maximum absolute atomic E-state index is 12.9. The number of imidazole rings is 1. The molecule has 1 atom stereocenters. The summed E-state index contributed by atoms with van der Waals surface area (Å²) in [5.41, 5.74) is 2.65. The number of carbonyl (C=O) groups excluding carboxylic acids is 1. The second kappa shape index (κ2) is 7.74. The molecule has 5 nitrogen and oxygen atoms in total. The molecule has 0 saturated carbocycles. The molecule has 27 heavy (non-hydrogen) atoms. The number of benzene rings is 1. The number of amides is 1. The highest BCUT2D eigenvalue weighted by atomic mass is 16.2. The van der Waals surface area contributed by atoms with Crippen molar-refractivity contribution in [2.24, 2.45) is 0 Å². The summed E-state index contributed by atoms with van der Waals surface area (Å²) in [4.78, 5) is 23.8. The van der Waals surface area contributed by atoms with Crippen LogP contribution in [0.2, 0.25) is 0 Å². The lowest BCUT2D eigenvalue weighted by Gasteiger charge is -2.32. The SMILES string of the molecule is Cc1cccc(C(=O)N2CCCC(c3nccn3Cc3ccccc3)C2)n1. The van der Waals surface area contributed by atoms with Gasteiger partial charge in [0.05, 0.1) is 0 Å². The molecule has 1 unspecified atom stereocenters. The number of piperidine rings is 1. The monoisotopic (exact) mass is 360 g/mol. The van der Waals surface area contributed by atoms with Gasteiger partial charge in [-0.15, -0.1) is 0 Å². The maximum Gasteiger partial charge on any atom is 0.272 e. The number of aryl methyl sites for hydroxylation is 1. The number of hydrogen-bond acceptors (Lipinski definition) is 3. The van der Waals surface area contributed by atoms with Crippen LogP contribution in [-0.2, 0) is 6.54 Å². The Morgan fingerprint density at radius 1 is 1.15 bits per heavy atom. The van der Waals surface area contributed by atoms with Crippen molar-refractivity contribution < 1.29 is 4.79 Å². The van der Waals surface area contributed by atoms with Gasteiger partial charge in [0.2, 0.25) is 0 Å². The molecule has 0 spiro atoms.